The van der Waals surface area contributed by atoms with E-state index in [4.69, 9.17) is 0 Å². The summed E-state index contributed by atoms with van der Waals surface area (Å²) in [5.74, 6) is 0. The summed E-state index contributed by atoms with van der Waals surface area (Å²) in [5, 5.41) is 3.75. The molecule has 19 heavy (non-hydrogen) atoms. The Balaban J connectivity index is 1.90. The maximum Gasteiger partial charge on any atom is 0.0378 e. The summed E-state index contributed by atoms with van der Waals surface area (Å²) in [5.41, 5.74) is 3.37. The van der Waals surface area contributed by atoms with Crippen LogP contribution in [0.4, 0.5) is 5.69 Å². The van der Waals surface area contributed by atoms with Crippen LogP contribution in [0, 0.1) is 12.3 Å². The van der Waals surface area contributed by atoms with Crippen molar-refractivity contribution >= 4 is 21.6 Å². The van der Waals surface area contributed by atoms with Gasteiger partial charge in [-0.1, -0.05) is 22.0 Å². The second kappa shape index (κ2) is 4.49. The van der Waals surface area contributed by atoms with Crippen LogP contribution < -0.4 is 10.2 Å². The van der Waals surface area contributed by atoms with Gasteiger partial charge in [0.05, 0.1) is 0 Å². The first-order valence-electron chi connectivity index (χ1n) is 7.15. The predicted octanol–water partition coefficient (Wildman–Crippen LogP) is 3.73. The highest BCUT2D eigenvalue weighted by Crippen LogP contribution is 2.48. The van der Waals surface area contributed by atoms with Crippen molar-refractivity contribution in [3.8, 4) is 0 Å². The van der Waals surface area contributed by atoms with Crippen molar-refractivity contribution in [3.63, 3.8) is 0 Å². The van der Waals surface area contributed by atoms with Gasteiger partial charge in [-0.25, -0.2) is 0 Å². The Kier molecular flexibility index (Phi) is 3.18. The number of hydrogen-bond donors (Lipinski definition) is 1. The Bertz CT molecular complexity index is 484. The van der Waals surface area contributed by atoms with Crippen LogP contribution in [0.5, 0.6) is 0 Å². The van der Waals surface area contributed by atoms with Crippen molar-refractivity contribution in [2.75, 3.05) is 24.5 Å². The maximum atomic E-state index is 3.75. The number of rotatable bonds is 1. The molecule has 0 radical (unpaired) electrons. The number of aryl methyl sites for hydroxylation is 1. The summed E-state index contributed by atoms with van der Waals surface area (Å²) >= 11 is 3.66. The van der Waals surface area contributed by atoms with E-state index in [9.17, 15) is 0 Å². The van der Waals surface area contributed by atoms with Crippen LogP contribution >= 0.6 is 15.9 Å². The minimum absolute atomic E-state index is 0.184. The summed E-state index contributed by atoms with van der Waals surface area (Å²) in [4.78, 5) is 2.57. The normalized spacial score (nSPS) is 24.3. The number of hydrogen-bond acceptors (Lipinski definition) is 2. The predicted molar refractivity (Wildman–Crippen MR) is 84.8 cm³/mol. The van der Waals surface area contributed by atoms with Gasteiger partial charge in [0.15, 0.2) is 0 Å². The third-order valence-electron chi connectivity index (χ3n) is 4.53. The molecule has 3 rings (SSSR count). The molecule has 1 N–H and O–H groups in total. The standard InChI is InChI=1S/C16H23BrN2/c1-12-4-5-13(8-14(12)17)19-10-15(2,3)18-9-16(11-19)6-7-16/h4-5,8,18H,6-7,9-11H2,1-3H3. The summed E-state index contributed by atoms with van der Waals surface area (Å²) < 4.78 is 1.21. The topological polar surface area (TPSA) is 15.3 Å². The molecule has 1 spiro atoms. The lowest BCUT2D eigenvalue weighted by molar-refractivity contribution is 0.389. The molecule has 1 aromatic rings. The Morgan fingerprint density at radius 3 is 2.58 bits per heavy atom. The second-order valence-corrected chi connectivity index (χ2v) is 7.88. The molecule has 1 aromatic carbocycles. The van der Waals surface area contributed by atoms with Gasteiger partial charge in [0.2, 0.25) is 0 Å². The van der Waals surface area contributed by atoms with Crippen molar-refractivity contribution in [3.05, 3.63) is 28.2 Å². The van der Waals surface area contributed by atoms with Crippen LogP contribution in [-0.4, -0.2) is 25.2 Å². The maximum absolute atomic E-state index is 3.75. The molecule has 0 unspecified atom stereocenters. The summed E-state index contributed by atoms with van der Waals surface area (Å²) in [7, 11) is 0. The fraction of sp³-hybridized carbons (Fsp3) is 0.625. The Labute approximate surface area is 124 Å². The first kappa shape index (κ1) is 13.4. The lowest BCUT2D eigenvalue weighted by atomic mass is 10.1. The van der Waals surface area contributed by atoms with Gasteiger partial charge in [-0.15, -0.1) is 0 Å². The third-order valence-corrected chi connectivity index (χ3v) is 5.39. The van der Waals surface area contributed by atoms with Gasteiger partial charge >= 0.3 is 0 Å². The van der Waals surface area contributed by atoms with E-state index in [1.807, 2.05) is 0 Å². The first-order chi connectivity index (χ1) is 8.89. The number of halogens is 1. The molecule has 1 aliphatic carbocycles. The SMILES string of the molecule is Cc1ccc(N2CC3(CC3)CNC(C)(C)C2)cc1Br. The largest absolute Gasteiger partial charge is 0.369 e. The fourth-order valence-corrected chi connectivity index (χ4v) is 3.32. The van der Waals surface area contributed by atoms with Crippen LogP contribution in [0.2, 0.25) is 0 Å². The van der Waals surface area contributed by atoms with E-state index >= 15 is 0 Å². The average molecular weight is 323 g/mol. The molecule has 0 amide bonds. The number of nitrogens with one attached hydrogen (secondary N) is 1. The zero-order valence-electron chi connectivity index (χ0n) is 12.1. The first-order valence-corrected chi connectivity index (χ1v) is 7.95. The molecular weight excluding hydrogens is 300 g/mol. The number of nitrogens with zero attached hydrogens (tertiary/aromatic N) is 1. The molecular formula is C16H23BrN2. The molecule has 2 fully saturated rings. The lowest BCUT2D eigenvalue weighted by Crippen LogP contribution is -2.46. The van der Waals surface area contributed by atoms with E-state index in [1.54, 1.807) is 0 Å². The van der Waals surface area contributed by atoms with Crippen LogP contribution in [0.3, 0.4) is 0 Å². The minimum Gasteiger partial charge on any atom is -0.369 e. The quantitative estimate of drug-likeness (QED) is 0.847. The van der Waals surface area contributed by atoms with Gasteiger partial charge in [-0.05, 0) is 51.3 Å². The third kappa shape index (κ3) is 2.82. The van der Waals surface area contributed by atoms with Gasteiger partial charge in [0, 0.05) is 40.7 Å². The van der Waals surface area contributed by atoms with Gasteiger partial charge < -0.3 is 10.2 Å². The zero-order valence-corrected chi connectivity index (χ0v) is 13.7. The Morgan fingerprint density at radius 2 is 1.95 bits per heavy atom. The van der Waals surface area contributed by atoms with Crippen LogP contribution in [0.25, 0.3) is 0 Å². The molecule has 3 heteroatoms. The lowest BCUT2D eigenvalue weighted by Gasteiger charge is -2.32. The molecule has 1 saturated carbocycles. The molecule has 0 bridgehead atoms. The van der Waals surface area contributed by atoms with E-state index in [0.29, 0.717) is 5.41 Å². The van der Waals surface area contributed by atoms with E-state index < -0.39 is 0 Å². The van der Waals surface area contributed by atoms with Gasteiger partial charge in [0.1, 0.15) is 0 Å². The van der Waals surface area contributed by atoms with Crippen molar-refractivity contribution < 1.29 is 0 Å². The van der Waals surface area contributed by atoms with E-state index in [-0.39, 0.29) is 5.54 Å². The molecule has 1 aliphatic heterocycles. The summed E-state index contributed by atoms with van der Waals surface area (Å²) in [6.07, 6.45) is 2.75. The van der Waals surface area contributed by atoms with E-state index in [2.05, 4.69) is 65.1 Å². The molecule has 1 heterocycles. The van der Waals surface area contributed by atoms with Crippen molar-refractivity contribution in [1.82, 2.24) is 5.32 Å². The van der Waals surface area contributed by atoms with E-state index in [0.717, 1.165) is 6.54 Å². The van der Waals surface area contributed by atoms with Crippen molar-refractivity contribution in [2.24, 2.45) is 5.41 Å². The van der Waals surface area contributed by atoms with Crippen LogP contribution in [0.1, 0.15) is 32.3 Å². The molecule has 0 atom stereocenters. The summed E-state index contributed by atoms with van der Waals surface area (Å²) in [6, 6.07) is 6.74. The monoisotopic (exact) mass is 322 g/mol. The molecule has 1 saturated heterocycles. The van der Waals surface area contributed by atoms with Gasteiger partial charge in [-0.2, -0.15) is 0 Å². The highest BCUT2D eigenvalue weighted by atomic mass is 79.9. The van der Waals surface area contributed by atoms with Gasteiger partial charge in [0.25, 0.3) is 0 Å². The zero-order chi connectivity index (χ0) is 13.7. The summed E-state index contributed by atoms with van der Waals surface area (Å²) in [6.45, 7) is 10.2. The minimum atomic E-state index is 0.184. The molecule has 2 nitrogen and oxygen atoms in total. The highest BCUT2D eigenvalue weighted by Gasteiger charge is 2.47. The number of benzene rings is 1. The molecule has 104 valence electrons. The molecule has 0 aromatic heterocycles. The second-order valence-electron chi connectivity index (χ2n) is 7.03. The smallest absolute Gasteiger partial charge is 0.0378 e. The average Bonchev–Trinajstić information content (AvgIpc) is 3.11. The van der Waals surface area contributed by atoms with E-state index in [1.165, 1.54) is 41.7 Å². The van der Waals surface area contributed by atoms with Crippen LogP contribution in [-0.2, 0) is 0 Å². The Hall–Kier alpha value is -0.540. The van der Waals surface area contributed by atoms with Crippen molar-refractivity contribution in [1.29, 1.82) is 0 Å². The molecule has 2 aliphatic rings. The number of anilines is 1. The Morgan fingerprint density at radius 1 is 1.21 bits per heavy atom. The highest BCUT2D eigenvalue weighted by molar-refractivity contribution is 9.10. The fourth-order valence-electron chi connectivity index (χ4n) is 2.95. The van der Waals surface area contributed by atoms with Crippen molar-refractivity contribution in [2.45, 2.75) is 39.2 Å². The van der Waals surface area contributed by atoms with Crippen LogP contribution in [0.15, 0.2) is 22.7 Å². The van der Waals surface area contributed by atoms with Gasteiger partial charge in [-0.3, -0.25) is 0 Å².